The molecular formula is C11H14ClNO. The number of benzene rings is 1. The van der Waals surface area contributed by atoms with Crippen molar-refractivity contribution in [2.45, 2.75) is 18.4 Å². The lowest BCUT2D eigenvalue weighted by Gasteiger charge is -2.21. The molecule has 3 heteroatoms. The molecule has 1 aliphatic rings. The molecule has 1 aliphatic heterocycles. The van der Waals surface area contributed by atoms with Crippen molar-refractivity contribution < 1.29 is 5.11 Å². The van der Waals surface area contributed by atoms with Crippen LogP contribution in [0.2, 0.25) is 5.02 Å². The van der Waals surface area contributed by atoms with E-state index in [4.69, 9.17) is 11.6 Å². The Bertz CT molecular complexity index is 304. The first-order valence-corrected chi connectivity index (χ1v) is 5.23. The Morgan fingerprint density at radius 3 is 2.64 bits per heavy atom. The van der Waals surface area contributed by atoms with Gasteiger partial charge in [-0.1, -0.05) is 23.7 Å². The third-order valence-electron chi connectivity index (χ3n) is 2.67. The molecule has 0 radical (unpaired) electrons. The predicted molar refractivity (Wildman–Crippen MR) is 57.6 cm³/mol. The van der Waals surface area contributed by atoms with Gasteiger partial charge in [-0.25, -0.2) is 0 Å². The van der Waals surface area contributed by atoms with Crippen LogP contribution >= 0.6 is 11.6 Å². The second kappa shape index (κ2) is 3.89. The molecule has 2 nitrogen and oxygen atoms in total. The van der Waals surface area contributed by atoms with Crippen LogP contribution < -0.4 is 5.32 Å². The molecule has 14 heavy (non-hydrogen) atoms. The molecule has 2 N–H and O–H groups in total. The van der Waals surface area contributed by atoms with Crippen molar-refractivity contribution in [2.75, 3.05) is 13.1 Å². The summed E-state index contributed by atoms with van der Waals surface area (Å²) < 4.78 is 0. The molecule has 0 amide bonds. The fraction of sp³-hybridized carbons (Fsp3) is 0.455. The van der Waals surface area contributed by atoms with E-state index >= 15 is 0 Å². The van der Waals surface area contributed by atoms with Gasteiger partial charge in [-0.15, -0.1) is 0 Å². The first-order valence-electron chi connectivity index (χ1n) is 4.86. The fourth-order valence-electron chi connectivity index (χ4n) is 1.86. The van der Waals surface area contributed by atoms with Crippen molar-refractivity contribution in [1.82, 2.24) is 5.32 Å². The second-order valence-electron chi connectivity index (χ2n) is 3.95. The molecule has 0 saturated carbocycles. The summed E-state index contributed by atoms with van der Waals surface area (Å²) in [6.07, 6.45) is 1.53. The van der Waals surface area contributed by atoms with E-state index in [0.717, 1.165) is 23.6 Å². The maximum atomic E-state index is 10.1. The lowest BCUT2D eigenvalue weighted by Crippen LogP contribution is -2.33. The average Bonchev–Trinajstić information content (AvgIpc) is 2.57. The maximum absolute atomic E-state index is 10.1. The van der Waals surface area contributed by atoms with E-state index in [9.17, 15) is 5.11 Å². The predicted octanol–water partition coefficient (Wildman–Crippen LogP) is 1.61. The zero-order valence-electron chi connectivity index (χ0n) is 7.96. The highest BCUT2D eigenvalue weighted by atomic mass is 35.5. The highest BCUT2D eigenvalue weighted by molar-refractivity contribution is 6.30. The molecule has 1 saturated heterocycles. The van der Waals surface area contributed by atoms with Crippen molar-refractivity contribution in [3.63, 3.8) is 0 Å². The highest BCUT2D eigenvalue weighted by Gasteiger charge is 2.30. The van der Waals surface area contributed by atoms with Gasteiger partial charge in [0.1, 0.15) is 0 Å². The highest BCUT2D eigenvalue weighted by Crippen LogP contribution is 2.21. The van der Waals surface area contributed by atoms with Crippen molar-refractivity contribution >= 4 is 11.6 Å². The minimum Gasteiger partial charge on any atom is -0.388 e. The Balaban J connectivity index is 2.06. The van der Waals surface area contributed by atoms with Crippen molar-refractivity contribution in [3.05, 3.63) is 34.9 Å². The van der Waals surface area contributed by atoms with Crippen LogP contribution in [0.15, 0.2) is 24.3 Å². The Morgan fingerprint density at radius 2 is 2.07 bits per heavy atom. The van der Waals surface area contributed by atoms with E-state index in [1.807, 2.05) is 24.3 Å². The number of rotatable bonds is 2. The zero-order chi connectivity index (χ0) is 10.0. The summed E-state index contributed by atoms with van der Waals surface area (Å²) in [6, 6.07) is 7.67. The largest absolute Gasteiger partial charge is 0.388 e. The molecule has 0 bridgehead atoms. The summed E-state index contributed by atoms with van der Waals surface area (Å²) >= 11 is 5.79. The molecule has 1 fully saturated rings. The molecular weight excluding hydrogens is 198 g/mol. The fourth-order valence-corrected chi connectivity index (χ4v) is 1.99. The molecule has 1 heterocycles. The van der Waals surface area contributed by atoms with Gasteiger partial charge in [-0.05, 0) is 30.7 Å². The Morgan fingerprint density at radius 1 is 1.36 bits per heavy atom. The summed E-state index contributed by atoms with van der Waals surface area (Å²) in [4.78, 5) is 0. The number of nitrogens with one attached hydrogen (secondary N) is 1. The molecule has 2 rings (SSSR count). The van der Waals surface area contributed by atoms with Crippen molar-refractivity contribution in [2.24, 2.45) is 0 Å². The van der Waals surface area contributed by atoms with E-state index in [-0.39, 0.29) is 0 Å². The van der Waals surface area contributed by atoms with Gasteiger partial charge in [0.25, 0.3) is 0 Å². The van der Waals surface area contributed by atoms with Crippen molar-refractivity contribution in [1.29, 1.82) is 0 Å². The Labute approximate surface area is 88.9 Å². The van der Waals surface area contributed by atoms with Gasteiger partial charge in [0.15, 0.2) is 0 Å². The third kappa shape index (κ3) is 2.27. The summed E-state index contributed by atoms with van der Waals surface area (Å²) in [5, 5.41) is 14.0. The van der Waals surface area contributed by atoms with Crippen LogP contribution in [0.25, 0.3) is 0 Å². The smallest absolute Gasteiger partial charge is 0.0823 e. The summed E-state index contributed by atoms with van der Waals surface area (Å²) in [5.74, 6) is 0. The molecule has 0 aliphatic carbocycles. The van der Waals surface area contributed by atoms with E-state index < -0.39 is 5.60 Å². The third-order valence-corrected chi connectivity index (χ3v) is 2.92. The first kappa shape index (κ1) is 9.97. The number of hydrogen-bond acceptors (Lipinski definition) is 2. The number of aliphatic hydroxyl groups is 1. The van der Waals surface area contributed by atoms with Gasteiger partial charge in [0.2, 0.25) is 0 Å². The van der Waals surface area contributed by atoms with Gasteiger partial charge < -0.3 is 10.4 Å². The Kier molecular flexibility index (Phi) is 2.77. The van der Waals surface area contributed by atoms with Gasteiger partial charge >= 0.3 is 0 Å². The minimum absolute atomic E-state index is 0.562. The monoisotopic (exact) mass is 211 g/mol. The number of hydrogen-bond donors (Lipinski definition) is 2. The van der Waals surface area contributed by atoms with Crippen LogP contribution in [-0.2, 0) is 6.42 Å². The van der Waals surface area contributed by atoms with Crippen LogP contribution in [0.5, 0.6) is 0 Å². The van der Waals surface area contributed by atoms with Crippen molar-refractivity contribution in [3.8, 4) is 0 Å². The summed E-state index contributed by atoms with van der Waals surface area (Å²) in [6.45, 7) is 1.60. The van der Waals surface area contributed by atoms with E-state index in [2.05, 4.69) is 5.32 Å². The van der Waals surface area contributed by atoms with E-state index in [0.29, 0.717) is 13.0 Å². The molecule has 76 valence electrons. The zero-order valence-corrected chi connectivity index (χ0v) is 8.72. The molecule has 0 aromatic heterocycles. The molecule has 1 unspecified atom stereocenters. The normalized spacial score (nSPS) is 26.7. The SMILES string of the molecule is OC1(Cc2ccc(Cl)cc2)CCNC1. The Hall–Kier alpha value is -0.570. The average molecular weight is 212 g/mol. The van der Waals surface area contributed by atoms with Crippen LogP contribution in [0.1, 0.15) is 12.0 Å². The van der Waals surface area contributed by atoms with Gasteiger partial charge in [0.05, 0.1) is 5.60 Å². The van der Waals surface area contributed by atoms with E-state index in [1.54, 1.807) is 0 Å². The van der Waals surface area contributed by atoms with Gasteiger partial charge in [-0.2, -0.15) is 0 Å². The van der Waals surface area contributed by atoms with Crippen LogP contribution in [0, 0.1) is 0 Å². The maximum Gasteiger partial charge on any atom is 0.0823 e. The molecule has 1 aromatic rings. The quantitative estimate of drug-likeness (QED) is 0.779. The number of halogens is 1. The van der Waals surface area contributed by atoms with Crippen LogP contribution in [0.3, 0.4) is 0 Å². The molecule has 1 aromatic carbocycles. The molecule has 1 atom stereocenters. The second-order valence-corrected chi connectivity index (χ2v) is 4.39. The summed E-state index contributed by atoms with van der Waals surface area (Å²) in [5.41, 5.74) is 0.578. The minimum atomic E-state index is -0.562. The topological polar surface area (TPSA) is 32.3 Å². The number of β-amino-alcohol motifs (C(OH)–C–C–N with tert-alkyl or cyclic N) is 1. The van der Waals surface area contributed by atoms with Gasteiger partial charge in [-0.3, -0.25) is 0 Å². The first-order chi connectivity index (χ1) is 6.68. The molecule has 0 spiro atoms. The van der Waals surface area contributed by atoms with Crippen LogP contribution in [0.4, 0.5) is 0 Å². The lowest BCUT2D eigenvalue weighted by molar-refractivity contribution is 0.0619. The van der Waals surface area contributed by atoms with E-state index in [1.165, 1.54) is 0 Å². The lowest BCUT2D eigenvalue weighted by atomic mass is 9.94. The van der Waals surface area contributed by atoms with Gasteiger partial charge in [0, 0.05) is 18.0 Å². The van der Waals surface area contributed by atoms with Crippen LogP contribution in [-0.4, -0.2) is 23.8 Å². The summed E-state index contributed by atoms with van der Waals surface area (Å²) in [7, 11) is 0. The standard InChI is InChI=1S/C11H14ClNO/c12-10-3-1-9(2-4-10)7-11(14)5-6-13-8-11/h1-4,13-14H,5-8H2.